The number of hydrogen-bond acceptors (Lipinski definition) is 3. The van der Waals surface area contributed by atoms with Crippen molar-refractivity contribution in [2.45, 2.75) is 24.9 Å². The molecular formula is C25H23NO4. The van der Waals surface area contributed by atoms with Crippen molar-refractivity contribution < 1.29 is 19.4 Å². The van der Waals surface area contributed by atoms with Crippen LogP contribution in [0.5, 0.6) is 5.75 Å². The normalized spacial score (nSPS) is 18.4. The lowest BCUT2D eigenvalue weighted by molar-refractivity contribution is -0.143. The molecule has 3 aromatic carbocycles. The molecular weight excluding hydrogens is 378 g/mol. The second kappa shape index (κ2) is 8.41. The number of carboxylic acid groups (broad SMARTS) is 1. The summed E-state index contributed by atoms with van der Waals surface area (Å²) in [5, 5.41) is 10.3. The number of ether oxygens (including phenoxy) is 1. The first-order valence-electron chi connectivity index (χ1n) is 9.87. The minimum Gasteiger partial charge on any atom is -0.496 e. The monoisotopic (exact) mass is 401 g/mol. The molecule has 0 fully saturated rings. The zero-order valence-corrected chi connectivity index (χ0v) is 16.7. The molecule has 152 valence electrons. The van der Waals surface area contributed by atoms with Gasteiger partial charge in [0.05, 0.1) is 19.6 Å². The lowest BCUT2D eigenvalue weighted by Crippen LogP contribution is -2.38. The highest BCUT2D eigenvalue weighted by Gasteiger charge is 2.42. The van der Waals surface area contributed by atoms with E-state index in [0.717, 1.165) is 11.1 Å². The van der Waals surface area contributed by atoms with Gasteiger partial charge < -0.3 is 14.7 Å². The number of methoxy groups -OCH3 is 1. The van der Waals surface area contributed by atoms with E-state index in [0.29, 0.717) is 23.4 Å². The van der Waals surface area contributed by atoms with E-state index in [1.165, 1.54) is 0 Å². The molecule has 1 aliphatic rings. The number of carbonyl (C=O) groups is 2. The van der Waals surface area contributed by atoms with Crippen LogP contribution in [0.15, 0.2) is 78.9 Å². The summed E-state index contributed by atoms with van der Waals surface area (Å²) < 4.78 is 5.56. The maximum atomic E-state index is 13.4. The molecule has 4 rings (SSSR count). The summed E-state index contributed by atoms with van der Waals surface area (Å²) >= 11 is 0. The Morgan fingerprint density at radius 1 is 0.967 bits per heavy atom. The van der Waals surface area contributed by atoms with Crippen LogP contribution in [0.3, 0.4) is 0 Å². The van der Waals surface area contributed by atoms with Gasteiger partial charge in [-0.2, -0.15) is 0 Å². The van der Waals surface area contributed by atoms with Crippen molar-refractivity contribution in [1.29, 1.82) is 0 Å². The number of para-hydroxylation sites is 1. The number of amides is 1. The zero-order chi connectivity index (χ0) is 21.1. The minimum atomic E-state index is -0.967. The first-order valence-corrected chi connectivity index (χ1v) is 9.87. The van der Waals surface area contributed by atoms with E-state index < -0.39 is 17.9 Å². The van der Waals surface area contributed by atoms with E-state index in [1.807, 2.05) is 72.8 Å². The lowest BCUT2D eigenvalue weighted by atomic mass is 9.84. The standard InChI is InChI=1S/C25H23NO4/c1-30-21-14-8-7-13-20(21)24-23(25(28)29)19-12-6-5-11-18(19)15-22(27)26(24)16-17-9-3-2-4-10-17/h2-14,23-24H,15-16H2,1H3,(H,28,29)/t23-,24+/m0/s1. The average Bonchev–Trinajstić information content (AvgIpc) is 2.89. The molecule has 0 bridgehead atoms. The van der Waals surface area contributed by atoms with Gasteiger partial charge in [0.25, 0.3) is 0 Å². The lowest BCUT2D eigenvalue weighted by Gasteiger charge is -2.35. The van der Waals surface area contributed by atoms with Crippen LogP contribution in [0.1, 0.15) is 34.2 Å². The van der Waals surface area contributed by atoms with Gasteiger partial charge in [0.2, 0.25) is 5.91 Å². The molecule has 1 amide bonds. The summed E-state index contributed by atoms with van der Waals surface area (Å²) in [4.78, 5) is 27.7. The number of carbonyl (C=O) groups excluding carboxylic acids is 1. The molecule has 1 heterocycles. The van der Waals surface area contributed by atoms with Crippen molar-refractivity contribution >= 4 is 11.9 Å². The van der Waals surface area contributed by atoms with Gasteiger partial charge in [-0.3, -0.25) is 9.59 Å². The van der Waals surface area contributed by atoms with E-state index in [-0.39, 0.29) is 12.3 Å². The van der Waals surface area contributed by atoms with Gasteiger partial charge in [0, 0.05) is 12.1 Å². The minimum absolute atomic E-state index is 0.106. The number of rotatable bonds is 5. The van der Waals surface area contributed by atoms with Gasteiger partial charge in [-0.25, -0.2) is 0 Å². The van der Waals surface area contributed by atoms with Crippen LogP contribution in [0.2, 0.25) is 0 Å². The Morgan fingerprint density at radius 3 is 2.30 bits per heavy atom. The highest BCUT2D eigenvalue weighted by molar-refractivity contribution is 5.86. The highest BCUT2D eigenvalue weighted by atomic mass is 16.5. The van der Waals surface area contributed by atoms with Crippen LogP contribution in [-0.2, 0) is 22.6 Å². The first kappa shape index (κ1) is 19.7. The van der Waals surface area contributed by atoms with Crippen LogP contribution in [0.4, 0.5) is 0 Å². The fourth-order valence-electron chi connectivity index (χ4n) is 4.26. The Morgan fingerprint density at radius 2 is 1.60 bits per heavy atom. The van der Waals surface area contributed by atoms with E-state index in [4.69, 9.17) is 4.74 Å². The summed E-state index contributed by atoms with van der Waals surface area (Å²) in [6, 6.07) is 23.6. The van der Waals surface area contributed by atoms with Gasteiger partial charge in [0.15, 0.2) is 0 Å². The second-order valence-electron chi connectivity index (χ2n) is 7.39. The molecule has 30 heavy (non-hydrogen) atoms. The smallest absolute Gasteiger partial charge is 0.313 e. The molecule has 0 unspecified atom stereocenters. The number of aliphatic carboxylic acids is 1. The topological polar surface area (TPSA) is 66.8 Å². The summed E-state index contributed by atoms with van der Waals surface area (Å²) in [6.45, 7) is 0.320. The van der Waals surface area contributed by atoms with E-state index >= 15 is 0 Å². The highest BCUT2D eigenvalue weighted by Crippen LogP contribution is 2.44. The molecule has 5 nitrogen and oxygen atoms in total. The predicted molar refractivity (Wildman–Crippen MR) is 113 cm³/mol. The largest absolute Gasteiger partial charge is 0.496 e. The van der Waals surface area contributed by atoms with E-state index in [9.17, 15) is 14.7 Å². The maximum Gasteiger partial charge on any atom is 0.313 e. The van der Waals surface area contributed by atoms with Crippen LogP contribution in [0, 0.1) is 0 Å². The number of benzene rings is 3. The van der Waals surface area contributed by atoms with Gasteiger partial charge in [0.1, 0.15) is 11.7 Å². The van der Waals surface area contributed by atoms with Crippen molar-refractivity contribution in [3.8, 4) is 5.75 Å². The van der Waals surface area contributed by atoms with Crippen molar-refractivity contribution in [3.05, 3.63) is 101 Å². The van der Waals surface area contributed by atoms with Crippen molar-refractivity contribution in [2.75, 3.05) is 7.11 Å². The predicted octanol–water partition coefficient (Wildman–Crippen LogP) is 4.19. The molecule has 5 heteroatoms. The van der Waals surface area contributed by atoms with Crippen molar-refractivity contribution in [3.63, 3.8) is 0 Å². The zero-order valence-electron chi connectivity index (χ0n) is 16.7. The van der Waals surface area contributed by atoms with Gasteiger partial charge in [-0.15, -0.1) is 0 Å². The molecule has 0 spiro atoms. The molecule has 3 aromatic rings. The molecule has 1 aliphatic heterocycles. The Hall–Kier alpha value is -3.60. The summed E-state index contributed by atoms with van der Waals surface area (Å²) in [5.41, 5.74) is 3.06. The van der Waals surface area contributed by atoms with Gasteiger partial charge in [-0.05, 0) is 22.8 Å². The SMILES string of the molecule is COc1ccccc1[C@@H]1[C@@H](C(=O)O)c2ccccc2CC(=O)N1Cc1ccccc1. The van der Waals surface area contributed by atoms with Crippen molar-refractivity contribution in [1.82, 2.24) is 4.90 Å². The third-order valence-electron chi connectivity index (χ3n) is 5.62. The molecule has 0 saturated heterocycles. The number of fused-ring (bicyclic) bond motifs is 1. The molecule has 0 aromatic heterocycles. The molecule has 1 N–H and O–H groups in total. The fourth-order valence-corrected chi connectivity index (χ4v) is 4.26. The molecule has 0 radical (unpaired) electrons. The Bertz CT molecular complexity index is 1060. The quantitative estimate of drug-likeness (QED) is 0.696. The fraction of sp³-hybridized carbons (Fsp3) is 0.200. The second-order valence-corrected chi connectivity index (χ2v) is 7.39. The molecule has 2 atom stereocenters. The Labute approximate surface area is 175 Å². The first-order chi connectivity index (χ1) is 14.6. The number of hydrogen-bond donors (Lipinski definition) is 1. The molecule has 0 saturated carbocycles. The van der Waals surface area contributed by atoms with Gasteiger partial charge in [-0.1, -0.05) is 72.8 Å². The number of nitrogens with zero attached hydrogens (tertiary/aromatic N) is 1. The third kappa shape index (κ3) is 3.66. The van der Waals surface area contributed by atoms with Crippen LogP contribution in [-0.4, -0.2) is 29.0 Å². The summed E-state index contributed by atoms with van der Waals surface area (Å²) in [5.74, 6) is -1.41. The Balaban J connectivity index is 1.93. The van der Waals surface area contributed by atoms with E-state index in [1.54, 1.807) is 18.1 Å². The summed E-state index contributed by atoms with van der Waals surface area (Å²) in [6.07, 6.45) is 0.165. The van der Waals surface area contributed by atoms with Crippen LogP contribution >= 0.6 is 0 Å². The summed E-state index contributed by atoms with van der Waals surface area (Å²) in [7, 11) is 1.56. The van der Waals surface area contributed by atoms with Crippen LogP contribution in [0.25, 0.3) is 0 Å². The average molecular weight is 401 g/mol. The third-order valence-corrected chi connectivity index (χ3v) is 5.62. The van der Waals surface area contributed by atoms with E-state index in [2.05, 4.69) is 0 Å². The molecule has 0 aliphatic carbocycles. The van der Waals surface area contributed by atoms with Gasteiger partial charge >= 0.3 is 5.97 Å². The van der Waals surface area contributed by atoms with Crippen LogP contribution < -0.4 is 4.74 Å². The Kier molecular flexibility index (Phi) is 5.53. The number of carboxylic acids is 1. The van der Waals surface area contributed by atoms with Crippen molar-refractivity contribution in [2.24, 2.45) is 0 Å². The maximum absolute atomic E-state index is 13.4.